The number of unbranched alkanes of at least 4 members (excludes halogenated alkanes) is 1. The fourth-order valence-electron chi connectivity index (χ4n) is 1.89. The number of primary sulfonamides is 1. The molecule has 0 aliphatic heterocycles. The average Bonchev–Trinajstić information content (AvgIpc) is 2.31. The van der Waals surface area contributed by atoms with Crippen molar-refractivity contribution in [1.82, 2.24) is 0 Å². The molecule has 0 heterocycles. The maximum atomic E-state index is 11.5. The Labute approximate surface area is 115 Å². The van der Waals surface area contributed by atoms with Crippen molar-refractivity contribution in [2.24, 2.45) is 5.14 Å². The van der Waals surface area contributed by atoms with Gasteiger partial charge in [0.2, 0.25) is 10.0 Å². The molecular weight excluding hydrogens is 262 g/mol. The summed E-state index contributed by atoms with van der Waals surface area (Å²) in [6, 6.07) is 1.55. The normalized spacial score (nSPS) is 11.1. The maximum Gasteiger partial charge on any atom is 0.238 e. The SMILES string of the molecule is C#CCCCOc1c(C)cc(S(N)(=O)=O)c(C)c1C. The Hall–Kier alpha value is -1.51. The zero-order valence-corrected chi connectivity index (χ0v) is 12.3. The molecule has 0 unspecified atom stereocenters. The molecule has 1 aromatic carbocycles. The van der Waals surface area contributed by atoms with E-state index in [1.807, 2.05) is 6.92 Å². The number of hydrogen-bond donors (Lipinski definition) is 1. The van der Waals surface area contributed by atoms with Gasteiger partial charge in [-0.1, -0.05) is 0 Å². The highest BCUT2D eigenvalue weighted by atomic mass is 32.2. The number of rotatable bonds is 5. The Morgan fingerprint density at radius 2 is 1.95 bits per heavy atom. The van der Waals surface area contributed by atoms with Crippen LogP contribution in [0.3, 0.4) is 0 Å². The first kappa shape index (κ1) is 15.5. The minimum Gasteiger partial charge on any atom is -0.493 e. The largest absolute Gasteiger partial charge is 0.493 e. The van der Waals surface area contributed by atoms with Gasteiger partial charge in [0.05, 0.1) is 11.5 Å². The van der Waals surface area contributed by atoms with Crippen LogP contribution in [0, 0.1) is 33.1 Å². The summed E-state index contributed by atoms with van der Waals surface area (Å²) in [6.07, 6.45) is 6.60. The molecule has 0 bridgehead atoms. The van der Waals surface area contributed by atoms with Gasteiger partial charge in [-0.3, -0.25) is 0 Å². The van der Waals surface area contributed by atoms with Crippen molar-refractivity contribution in [3.8, 4) is 18.1 Å². The van der Waals surface area contributed by atoms with Crippen LogP contribution >= 0.6 is 0 Å². The Morgan fingerprint density at radius 3 is 2.47 bits per heavy atom. The van der Waals surface area contributed by atoms with E-state index in [1.165, 1.54) is 0 Å². The van der Waals surface area contributed by atoms with Crippen molar-refractivity contribution in [1.29, 1.82) is 0 Å². The first-order valence-corrected chi connectivity index (χ1v) is 7.53. The third kappa shape index (κ3) is 3.72. The van der Waals surface area contributed by atoms with Crippen molar-refractivity contribution in [2.75, 3.05) is 6.61 Å². The molecule has 1 rings (SSSR count). The molecule has 2 N–H and O–H groups in total. The lowest BCUT2D eigenvalue weighted by Gasteiger charge is -2.16. The molecule has 0 aromatic heterocycles. The van der Waals surface area contributed by atoms with Crippen LogP contribution in [-0.2, 0) is 10.0 Å². The molecule has 104 valence electrons. The quantitative estimate of drug-likeness (QED) is 0.663. The van der Waals surface area contributed by atoms with Gasteiger partial charge in [-0.05, 0) is 49.9 Å². The van der Waals surface area contributed by atoms with Crippen LogP contribution in [0.5, 0.6) is 5.75 Å². The molecule has 0 saturated heterocycles. The van der Waals surface area contributed by atoms with Crippen LogP contribution < -0.4 is 9.88 Å². The molecule has 19 heavy (non-hydrogen) atoms. The van der Waals surface area contributed by atoms with Crippen LogP contribution in [0.1, 0.15) is 29.5 Å². The summed E-state index contributed by atoms with van der Waals surface area (Å²) in [4.78, 5) is 0.151. The van der Waals surface area contributed by atoms with Crippen LogP contribution in [0.2, 0.25) is 0 Å². The third-order valence-electron chi connectivity index (χ3n) is 3.00. The summed E-state index contributed by atoms with van der Waals surface area (Å²) in [5.74, 6) is 3.26. The van der Waals surface area contributed by atoms with E-state index in [9.17, 15) is 8.42 Å². The van der Waals surface area contributed by atoms with Crippen molar-refractivity contribution in [3.63, 3.8) is 0 Å². The molecule has 0 aliphatic carbocycles. The fourth-order valence-corrected chi connectivity index (χ4v) is 2.81. The van der Waals surface area contributed by atoms with E-state index in [0.29, 0.717) is 24.3 Å². The van der Waals surface area contributed by atoms with Gasteiger partial charge < -0.3 is 4.74 Å². The summed E-state index contributed by atoms with van der Waals surface area (Å²) >= 11 is 0. The van der Waals surface area contributed by atoms with Crippen molar-refractivity contribution in [2.45, 2.75) is 38.5 Å². The zero-order chi connectivity index (χ0) is 14.6. The second-order valence-corrected chi connectivity index (χ2v) is 6.00. The topological polar surface area (TPSA) is 69.4 Å². The Morgan fingerprint density at radius 1 is 1.32 bits per heavy atom. The van der Waals surface area contributed by atoms with Gasteiger partial charge >= 0.3 is 0 Å². The second kappa shape index (κ2) is 6.09. The summed E-state index contributed by atoms with van der Waals surface area (Å²) < 4.78 is 28.7. The second-order valence-electron chi connectivity index (χ2n) is 4.47. The highest BCUT2D eigenvalue weighted by molar-refractivity contribution is 7.89. The fraction of sp³-hybridized carbons (Fsp3) is 0.429. The summed E-state index contributed by atoms with van der Waals surface area (Å²) in [5.41, 5.74) is 2.18. The molecule has 0 fully saturated rings. The molecule has 0 saturated carbocycles. The standard InChI is InChI=1S/C14H19NO3S/c1-5-6-7-8-18-14-10(2)9-13(19(15,16)17)11(3)12(14)4/h1,9H,6-8H2,2-4H3,(H2,15,16,17). The molecule has 0 spiro atoms. The molecule has 0 atom stereocenters. The van der Waals surface area contributed by atoms with Gasteiger partial charge in [0.1, 0.15) is 5.75 Å². The monoisotopic (exact) mass is 281 g/mol. The number of benzene rings is 1. The predicted molar refractivity (Wildman–Crippen MR) is 75.6 cm³/mol. The van der Waals surface area contributed by atoms with Gasteiger partial charge in [-0.15, -0.1) is 12.3 Å². The highest BCUT2D eigenvalue weighted by Crippen LogP contribution is 2.30. The Balaban J connectivity index is 3.10. The van der Waals surface area contributed by atoms with E-state index in [-0.39, 0.29) is 4.90 Å². The first-order valence-electron chi connectivity index (χ1n) is 5.99. The molecule has 5 heteroatoms. The van der Waals surface area contributed by atoms with Crippen molar-refractivity contribution >= 4 is 10.0 Å². The van der Waals surface area contributed by atoms with Crippen molar-refractivity contribution < 1.29 is 13.2 Å². The summed E-state index contributed by atoms with van der Waals surface area (Å²) in [7, 11) is -3.71. The van der Waals surface area contributed by atoms with Gasteiger partial charge in [0.25, 0.3) is 0 Å². The van der Waals surface area contributed by atoms with E-state index in [1.54, 1.807) is 19.9 Å². The minimum atomic E-state index is -3.71. The molecule has 0 amide bonds. The van der Waals surface area contributed by atoms with E-state index in [0.717, 1.165) is 17.5 Å². The average molecular weight is 281 g/mol. The Bertz CT molecular complexity index is 613. The third-order valence-corrected chi connectivity index (χ3v) is 4.03. The van der Waals surface area contributed by atoms with E-state index in [2.05, 4.69) is 5.92 Å². The molecule has 4 nitrogen and oxygen atoms in total. The maximum absolute atomic E-state index is 11.5. The zero-order valence-electron chi connectivity index (χ0n) is 11.5. The number of aryl methyl sites for hydroxylation is 1. The van der Waals surface area contributed by atoms with Gasteiger partial charge in [-0.25, -0.2) is 13.6 Å². The van der Waals surface area contributed by atoms with Crippen LogP contribution in [0.4, 0.5) is 0 Å². The lowest BCUT2D eigenvalue weighted by atomic mass is 10.1. The molecule has 0 aliphatic rings. The first-order chi connectivity index (χ1) is 8.79. The number of ether oxygens (including phenoxy) is 1. The number of nitrogens with two attached hydrogens (primary N) is 1. The van der Waals surface area contributed by atoms with Crippen LogP contribution in [0.15, 0.2) is 11.0 Å². The Kier molecular flexibility index (Phi) is 4.98. The van der Waals surface area contributed by atoms with E-state index >= 15 is 0 Å². The minimum absolute atomic E-state index is 0.151. The summed E-state index contributed by atoms with van der Waals surface area (Å²) in [6.45, 7) is 5.87. The molecular formula is C14H19NO3S. The van der Waals surface area contributed by atoms with Crippen LogP contribution in [0.25, 0.3) is 0 Å². The van der Waals surface area contributed by atoms with Gasteiger partial charge in [-0.2, -0.15) is 0 Å². The van der Waals surface area contributed by atoms with Crippen molar-refractivity contribution in [3.05, 3.63) is 22.8 Å². The predicted octanol–water partition coefficient (Wildman–Crippen LogP) is 2.05. The van der Waals surface area contributed by atoms with Gasteiger partial charge in [0.15, 0.2) is 0 Å². The number of sulfonamides is 1. The highest BCUT2D eigenvalue weighted by Gasteiger charge is 2.18. The number of hydrogen-bond acceptors (Lipinski definition) is 3. The lowest BCUT2D eigenvalue weighted by molar-refractivity contribution is 0.308. The molecule has 1 aromatic rings. The summed E-state index contributed by atoms with van der Waals surface area (Å²) in [5, 5.41) is 5.19. The van der Waals surface area contributed by atoms with Crippen LogP contribution in [-0.4, -0.2) is 15.0 Å². The molecule has 0 radical (unpaired) electrons. The van der Waals surface area contributed by atoms with E-state index in [4.69, 9.17) is 16.3 Å². The van der Waals surface area contributed by atoms with E-state index < -0.39 is 10.0 Å². The number of terminal acetylenes is 1. The van der Waals surface area contributed by atoms with Gasteiger partial charge in [0, 0.05) is 6.42 Å². The smallest absolute Gasteiger partial charge is 0.238 e. The lowest BCUT2D eigenvalue weighted by Crippen LogP contribution is -2.15.